The Kier molecular flexibility index (Phi) is 5.07. The quantitative estimate of drug-likeness (QED) is 0.704. The largest absolute Gasteiger partial charge is 0.314 e. The molecule has 0 spiro atoms. The second kappa shape index (κ2) is 5.86. The van der Waals surface area contributed by atoms with Gasteiger partial charge in [-0.05, 0) is 50.9 Å². The van der Waals surface area contributed by atoms with Gasteiger partial charge in [-0.15, -0.1) is 0 Å². The maximum Gasteiger partial charge on any atom is 0.00103 e. The van der Waals surface area contributed by atoms with Crippen molar-refractivity contribution < 1.29 is 0 Å². The van der Waals surface area contributed by atoms with Gasteiger partial charge < -0.3 is 10.2 Å². The summed E-state index contributed by atoms with van der Waals surface area (Å²) in [6, 6.07) is 0.630. The molecular formula is C13H28N2. The topological polar surface area (TPSA) is 15.3 Å². The van der Waals surface area contributed by atoms with E-state index in [0.29, 0.717) is 11.5 Å². The molecule has 0 amide bonds. The lowest BCUT2D eigenvalue weighted by Crippen LogP contribution is -2.38. The van der Waals surface area contributed by atoms with Gasteiger partial charge in [-0.3, -0.25) is 0 Å². The van der Waals surface area contributed by atoms with Gasteiger partial charge in [0.1, 0.15) is 0 Å². The van der Waals surface area contributed by atoms with E-state index in [4.69, 9.17) is 0 Å². The van der Waals surface area contributed by atoms with Crippen LogP contribution in [0.5, 0.6) is 0 Å². The SMILES string of the molecule is CC(C)NCCCN1CCC(C)(C)CC1. The molecule has 0 saturated carbocycles. The highest BCUT2D eigenvalue weighted by Gasteiger charge is 2.24. The summed E-state index contributed by atoms with van der Waals surface area (Å²) in [5, 5.41) is 3.47. The summed E-state index contributed by atoms with van der Waals surface area (Å²) in [5.74, 6) is 0. The molecule has 15 heavy (non-hydrogen) atoms. The average Bonchev–Trinajstić information content (AvgIpc) is 2.14. The lowest BCUT2D eigenvalue weighted by molar-refractivity contribution is 0.131. The highest BCUT2D eigenvalue weighted by Crippen LogP contribution is 2.29. The Bertz CT molecular complexity index is 165. The number of hydrogen-bond acceptors (Lipinski definition) is 2. The van der Waals surface area contributed by atoms with Gasteiger partial charge in [0, 0.05) is 6.04 Å². The highest BCUT2D eigenvalue weighted by molar-refractivity contribution is 4.78. The van der Waals surface area contributed by atoms with Crippen LogP contribution in [0.4, 0.5) is 0 Å². The van der Waals surface area contributed by atoms with Crippen LogP contribution in [0.2, 0.25) is 0 Å². The summed E-state index contributed by atoms with van der Waals surface area (Å²) in [6.07, 6.45) is 4.02. The molecule has 1 fully saturated rings. The van der Waals surface area contributed by atoms with Gasteiger partial charge in [0.05, 0.1) is 0 Å². The molecule has 0 aromatic heterocycles. The predicted octanol–water partition coefficient (Wildman–Crippen LogP) is 2.50. The van der Waals surface area contributed by atoms with E-state index < -0.39 is 0 Å². The van der Waals surface area contributed by atoms with Gasteiger partial charge in [0.15, 0.2) is 0 Å². The number of rotatable bonds is 5. The van der Waals surface area contributed by atoms with Crippen LogP contribution in [0.15, 0.2) is 0 Å². The first-order valence-electron chi connectivity index (χ1n) is 6.45. The van der Waals surface area contributed by atoms with E-state index in [2.05, 4.69) is 37.9 Å². The molecule has 0 aromatic carbocycles. The van der Waals surface area contributed by atoms with Gasteiger partial charge in [0.25, 0.3) is 0 Å². The number of nitrogens with one attached hydrogen (secondary N) is 1. The standard InChI is InChI=1S/C13H28N2/c1-12(2)14-8-5-9-15-10-6-13(3,4)7-11-15/h12,14H,5-11H2,1-4H3. The Morgan fingerprint density at radius 3 is 2.33 bits per heavy atom. The second-order valence-electron chi connectivity index (χ2n) is 5.97. The fourth-order valence-corrected chi connectivity index (χ4v) is 2.08. The molecule has 1 saturated heterocycles. The fraction of sp³-hybridized carbons (Fsp3) is 1.00. The molecule has 2 nitrogen and oxygen atoms in total. The van der Waals surface area contributed by atoms with Crippen molar-refractivity contribution in [3.8, 4) is 0 Å². The lowest BCUT2D eigenvalue weighted by Gasteiger charge is -2.36. The molecule has 0 bridgehead atoms. The van der Waals surface area contributed by atoms with Gasteiger partial charge in [-0.1, -0.05) is 27.7 Å². The first-order chi connectivity index (χ1) is 6.99. The number of piperidine rings is 1. The van der Waals surface area contributed by atoms with E-state index in [9.17, 15) is 0 Å². The van der Waals surface area contributed by atoms with Crippen LogP contribution < -0.4 is 5.32 Å². The maximum atomic E-state index is 3.47. The lowest BCUT2D eigenvalue weighted by atomic mass is 9.83. The molecule has 1 aliphatic rings. The molecule has 1 aliphatic heterocycles. The van der Waals surface area contributed by atoms with E-state index in [1.54, 1.807) is 0 Å². The zero-order valence-electron chi connectivity index (χ0n) is 11.0. The molecule has 0 atom stereocenters. The molecule has 2 heteroatoms. The van der Waals surface area contributed by atoms with Crippen molar-refractivity contribution >= 4 is 0 Å². The molecule has 0 aliphatic carbocycles. The second-order valence-corrected chi connectivity index (χ2v) is 5.97. The Morgan fingerprint density at radius 1 is 1.20 bits per heavy atom. The van der Waals surface area contributed by atoms with Crippen molar-refractivity contribution in [3.63, 3.8) is 0 Å². The molecule has 1 N–H and O–H groups in total. The van der Waals surface area contributed by atoms with Crippen molar-refractivity contribution in [2.24, 2.45) is 5.41 Å². The summed E-state index contributed by atoms with van der Waals surface area (Å²) in [6.45, 7) is 14.2. The Balaban J connectivity index is 2.04. The molecule has 0 radical (unpaired) electrons. The van der Waals surface area contributed by atoms with Gasteiger partial charge >= 0.3 is 0 Å². The van der Waals surface area contributed by atoms with Crippen LogP contribution >= 0.6 is 0 Å². The van der Waals surface area contributed by atoms with Gasteiger partial charge in [0.2, 0.25) is 0 Å². The summed E-state index contributed by atoms with van der Waals surface area (Å²) >= 11 is 0. The normalized spacial score (nSPS) is 22.2. The molecule has 90 valence electrons. The smallest absolute Gasteiger partial charge is 0.00103 e. The van der Waals surface area contributed by atoms with Crippen molar-refractivity contribution in [1.82, 2.24) is 10.2 Å². The summed E-state index contributed by atoms with van der Waals surface area (Å²) in [4.78, 5) is 2.62. The zero-order chi connectivity index (χ0) is 11.3. The van der Waals surface area contributed by atoms with E-state index in [-0.39, 0.29) is 0 Å². The Morgan fingerprint density at radius 2 is 1.80 bits per heavy atom. The molecular weight excluding hydrogens is 184 g/mol. The van der Waals surface area contributed by atoms with Gasteiger partial charge in [-0.25, -0.2) is 0 Å². The molecule has 0 unspecified atom stereocenters. The predicted molar refractivity (Wildman–Crippen MR) is 67.2 cm³/mol. The number of hydrogen-bond donors (Lipinski definition) is 1. The third kappa shape index (κ3) is 5.53. The summed E-state index contributed by atoms with van der Waals surface area (Å²) in [5.41, 5.74) is 0.590. The Labute approximate surface area is 95.4 Å². The minimum absolute atomic E-state index is 0.590. The minimum atomic E-state index is 0.590. The van der Waals surface area contributed by atoms with Crippen LogP contribution in [0.25, 0.3) is 0 Å². The minimum Gasteiger partial charge on any atom is -0.314 e. The zero-order valence-corrected chi connectivity index (χ0v) is 11.0. The van der Waals surface area contributed by atoms with Crippen LogP contribution in [0, 0.1) is 5.41 Å². The van der Waals surface area contributed by atoms with Crippen LogP contribution in [0.1, 0.15) is 47.0 Å². The van der Waals surface area contributed by atoms with Crippen LogP contribution in [-0.2, 0) is 0 Å². The van der Waals surface area contributed by atoms with E-state index >= 15 is 0 Å². The van der Waals surface area contributed by atoms with E-state index in [1.807, 2.05) is 0 Å². The highest BCUT2D eigenvalue weighted by atomic mass is 15.1. The first kappa shape index (κ1) is 13.0. The average molecular weight is 212 g/mol. The third-order valence-electron chi connectivity index (χ3n) is 3.41. The summed E-state index contributed by atoms with van der Waals surface area (Å²) < 4.78 is 0. The Hall–Kier alpha value is -0.0800. The first-order valence-corrected chi connectivity index (χ1v) is 6.45. The number of likely N-dealkylation sites (tertiary alicyclic amines) is 1. The van der Waals surface area contributed by atoms with Crippen molar-refractivity contribution in [2.45, 2.75) is 53.0 Å². The van der Waals surface area contributed by atoms with E-state index in [0.717, 1.165) is 6.54 Å². The van der Waals surface area contributed by atoms with Crippen molar-refractivity contribution in [2.75, 3.05) is 26.2 Å². The van der Waals surface area contributed by atoms with Crippen LogP contribution in [0.3, 0.4) is 0 Å². The monoisotopic (exact) mass is 212 g/mol. The maximum absolute atomic E-state index is 3.47. The summed E-state index contributed by atoms with van der Waals surface area (Å²) in [7, 11) is 0. The number of nitrogens with zero attached hydrogens (tertiary/aromatic N) is 1. The molecule has 1 rings (SSSR count). The van der Waals surface area contributed by atoms with E-state index in [1.165, 1.54) is 38.9 Å². The van der Waals surface area contributed by atoms with Crippen LogP contribution in [-0.4, -0.2) is 37.1 Å². The molecule has 1 heterocycles. The van der Waals surface area contributed by atoms with Crippen molar-refractivity contribution in [3.05, 3.63) is 0 Å². The fourth-order valence-electron chi connectivity index (χ4n) is 2.08. The molecule has 0 aromatic rings. The van der Waals surface area contributed by atoms with Crippen molar-refractivity contribution in [1.29, 1.82) is 0 Å². The van der Waals surface area contributed by atoms with Gasteiger partial charge in [-0.2, -0.15) is 0 Å². The third-order valence-corrected chi connectivity index (χ3v) is 3.41.